The normalized spacial score (nSPS) is 14.4. The second kappa shape index (κ2) is 45.5. The van der Waals surface area contributed by atoms with Crippen molar-refractivity contribution in [3.8, 4) is 0 Å². The Morgan fingerprint density at radius 3 is 1.66 bits per heavy atom. The van der Waals surface area contributed by atoms with Gasteiger partial charge in [0.15, 0.2) is 5.96 Å². The maximum Gasteiger partial charge on any atom is 0.245 e. The molecule has 2 aromatic rings. The summed E-state index contributed by atoms with van der Waals surface area (Å²) in [4.78, 5) is 147. The number of nitrogens with zero attached hydrogens (tertiary/aromatic N) is 2. The topological polar surface area (TPSA) is 444 Å². The number of aliphatic hydroxyl groups excluding tert-OH is 1. The van der Waals surface area contributed by atoms with Gasteiger partial charge in [0.25, 0.3) is 0 Å². The average Bonchev–Trinajstić information content (AvgIpc) is 2.74. The molecule has 0 saturated heterocycles. The van der Waals surface area contributed by atoms with Crippen molar-refractivity contribution in [3.63, 3.8) is 0 Å². The van der Waals surface area contributed by atoms with E-state index >= 15 is 0 Å². The molecule has 10 atom stereocenters. The van der Waals surface area contributed by atoms with Gasteiger partial charge in [-0.15, -0.1) is 0 Å². The van der Waals surface area contributed by atoms with Crippen LogP contribution in [0.4, 0.5) is 0 Å². The van der Waals surface area contributed by atoms with Gasteiger partial charge in [-0.05, 0) is 77.3 Å². The number of aliphatic hydroxyl groups is 1. The molecule has 0 bridgehead atoms. The molecule has 0 saturated carbocycles. The number of imidazole rings is 1. The molecule has 0 aliphatic carbocycles. The lowest BCUT2D eigenvalue weighted by Crippen LogP contribution is -2.61. The van der Waals surface area contributed by atoms with Gasteiger partial charge in [0.1, 0.15) is 42.3 Å². The number of unbranched alkanes of at least 4 members (excludes halogenated alkanes) is 13. The Morgan fingerprint density at radius 1 is 0.544 bits per heavy atom. The summed E-state index contributed by atoms with van der Waals surface area (Å²) in [7, 11) is 0. The molecule has 0 aliphatic heterocycles. The zero-order chi connectivity index (χ0) is 66.8. The second-order valence-electron chi connectivity index (χ2n) is 23.5. The molecule has 2 rings (SSSR count). The van der Waals surface area contributed by atoms with E-state index in [1.807, 2.05) is 6.92 Å². The van der Waals surface area contributed by atoms with E-state index in [1.54, 1.807) is 44.2 Å². The summed E-state index contributed by atoms with van der Waals surface area (Å²) >= 11 is 0. The van der Waals surface area contributed by atoms with Crippen molar-refractivity contribution in [2.45, 2.75) is 250 Å². The first-order chi connectivity index (χ1) is 43.0. The summed E-state index contributed by atoms with van der Waals surface area (Å²) in [6.45, 7) is 10.1. The third-order valence-electron chi connectivity index (χ3n) is 15.5. The van der Waals surface area contributed by atoms with Crippen LogP contribution in [0, 0.1) is 5.92 Å². The zero-order valence-corrected chi connectivity index (χ0v) is 54.1. The molecule has 1 aromatic heterocycles. The minimum atomic E-state index is -1.63. The highest BCUT2D eigenvalue weighted by Gasteiger charge is 2.36. The summed E-state index contributed by atoms with van der Waals surface area (Å²) in [6, 6.07) is -0.587. The third-order valence-corrected chi connectivity index (χ3v) is 15.5. The maximum atomic E-state index is 14.3. The smallest absolute Gasteiger partial charge is 0.245 e. The fourth-order valence-corrected chi connectivity index (χ4v) is 9.88. The predicted molar refractivity (Wildman–Crippen MR) is 345 cm³/mol. The zero-order valence-electron chi connectivity index (χ0n) is 54.1. The van der Waals surface area contributed by atoms with Crippen molar-refractivity contribution >= 4 is 65.0 Å². The summed E-state index contributed by atoms with van der Waals surface area (Å²) < 4.78 is 0. The van der Waals surface area contributed by atoms with Crippen molar-refractivity contribution < 1.29 is 53.1 Å². The number of guanidine groups is 1. The Balaban J connectivity index is 2.16. The summed E-state index contributed by atoms with van der Waals surface area (Å²) in [5, 5.41) is 34.6. The molecular formula is C63H108N16O11. The number of aliphatic imine (C=N–C) groups is 1. The average molecular weight is 1270 g/mol. The molecule has 10 amide bonds. The van der Waals surface area contributed by atoms with Crippen LogP contribution in [-0.2, 0) is 60.8 Å². The Bertz CT molecular complexity index is 2500. The van der Waals surface area contributed by atoms with Crippen LogP contribution in [-0.4, -0.2) is 154 Å². The Kier molecular flexibility index (Phi) is 39.7. The maximum absolute atomic E-state index is 14.3. The standard InChI is InChI=1S/C63H108N16O11/c1-7-9-10-11-12-13-14-15-16-17-18-19-23-31-52(82)74-48(32-33-51(65)81)58(86)79-55(44(6)80)62(90)78-54(41(3)8-2)61(89)73-43(5)56(84)70-39-53(83)75-50(37-46-38-68-40-71-46)60(88)77-49(36-45-28-21-20-22-29-45)59(87)76-47(30-26-35-69-63(66)67)57(85)72-42(4)27-24-25-34-64/h20-22,28-29,38,40-44,47-50,54-55,80H,7-19,23-27,30-37,39,64H2,1-6H3,(H2,65,81)(H,68,71)(H,70,84)(H,72,85)(H,73,89)(H,74,82)(H,75,83)(H,76,87)(H,77,88)(H,78,90)(H,79,86)(H4,66,67,69)/t41-,42+,43-,44+,47-,48-,49-,50-,54?,55?/m0/s1. The van der Waals surface area contributed by atoms with Crippen LogP contribution in [0.5, 0.6) is 0 Å². The predicted octanol–water partition coefficient (Wildman–Crippen LogP) is 1.59. The van der Waals surface area contributed by atoms with Crippen molar-refractivity contribution in [1.29, 1.82) is 0 Å². The molecule has 27 heteroatoms. The number of H-pyrrole nitrogens is 1. The SMILES string of the molecule is CCCCCCCCCCCCCCCC(=O)N[C@@H](CCC(N)=O)C(=O)NC(C(=O)NC(C(=O)N[C@@H](C)C(=O)NCC(=O)N[C@@H](Cc1cnc[nH]1)C(=O)N[C@@H](Cc1ccccc1)C(=O)N[C@@H](CCCN=C(N)N)C(=O)N[C@H](C)CCCCN)[C@@H](C)CC)[C@@H](C)O. The molecule has 0 radical (unpaired) electrons. The van der Waals surface area contributed by atoms with Crippen LogP contribution in [0.25, 0.3) is 0 Å². The Hall–Kier alpha value is -7.68. The van der Waals surface area contributed by atoms with Crippen LogP contribution < -0.4 is 70.8 Å². The molecule has 0 fully saturated rings. The fourth-order valence-electron chi connectivity index (χ4n) is 9.88. The van der Waals surface area contributed by atoms with Crippen LogP contribution in [0.3, 0.4) is 0 Å². The molecule has 2 unspecified atom stereocenters. The van der Waals surface area contributed by atoms with E-state index in [2.05, 4.69) is 69.7 Å². The van der Waals surface area contributed by atoms with Gasteiger partial charge < -0.3 is 80.9 Å². The number of carbonyl (C=O) groups is 10. The van der Waals surface area contributed by atoms with E-state index in [0.29, 0.717) is 43.5 Å². The number of amides is 10. The lowest BCUT2D eigenvalue weighted by molar-refractivity contribution is -0.137. The first-order valence-corrected chi connectivity index (χ1v) is 32.4. The fraction of sp³-hybridized carbons (Fsp3) is 0.683. The monoisotopic (exact) mass is 1260 g/mol. The number of aromatic amines is 1. The summed E-state index contributed by atoms with van der Waals surface area (Å²) in [5.41, 5.74) is 23.2. The van der Waals surface area contributed by atoms with Gasteiger partial charge in [-0.1, -0.05) is 141 Å². The largest absolute Gasteiger partial charge is 0.391 e. The molecular weight excluding hydrogens is 1160 g/mol. The number of aromatic nitrogens is 2. The molecule has 1 aromatic carbocycles. The number of hydrogen-bond donors (Lipinski definition) is 15. The molecule has 0 spiro atoms. The third kappa shape index (κ3) is 33.8. The van der Waals surface area contributed by atoms with E-state index in [4.69, 9.17) is 22.9 Å². The number of hydrogen-bond acceptors (Lipinski definition) is 14. The van der Waals surface area contributed by atoms with E-state index in [9.17, 15) is 53.1 Å². The van der Waals surface area contributed by atoms with Gasteiger partial charge in [-0.2, -0.15) is 0 Å². The first-order valence-electron chi connectivity index (χ1n) is 32.4. The quantitative estimate of drug-likeness (QED) is 0.0254. The Labute approximate surface area is 531 Å². The van der Waals surface area contributed by atoms with Gasteiger partial charge >= 0.3 is 0 Å². The summed E-state index contributed by atoms with van der Waals surface area (Å²) in [5.74, 6) is -8.05. The minimum Gasteiger partial charge on any atom is -0.391 e. The van der Waals surface area contributed by atoms with Crippen molar-refractivity contribution in [3.05, 3.63) is 54.1 Å². The molecule has 19 N–H and O–H groups in total. The highest BCUT2D eigenvalue weighted by Crippen LogP contribution is 2.15. The molecule has 0 aliphatic rings. The van der Waals surface area contributed by atoms with Gasteiger partial charge in [0.2, 0.25) is 59.1 Å². The van der Waals surface area contributed by atoms with Crippen LogP contribution in [0.15, 0.2) is 47.8 Å². The van der Waals surface area contributed by atoms with Crippen LogP contribution in [0.2, 0.25) is 0 Å². The van der Waals surface area contributed by atoms with Gasteiger partial charge in [0.05, 0.1) is 19.0 Å². The van der Waals surface area contributed by atoms with Crippen LogP contribution in [0.1, 0.15) is 194 Å². The highest BCUT2D eigenvalue weighted by atomic mass is 16.3. The number of benzene rings is 1. The Morgan fingerprint density at radius 2 is 1.09 bits per heavy atom. The summed E-state index contributed by atoms with van der Waals surface area (Å²) in [6.07, 6.45) is 18.6. The second-order valence-corrected chi connectivity index (χ2v) is 23.5. The highest BCUT2D eigenvalue weighted by molar-refractivity contribution is 5.98. The van der Waals surface area contributed by atoms with Crippen LogP contribution >= 0.6 is 0 Å². The number of nitrogens with two attached hydrogens (primary N) is 4. The van der Waals surface area contributed by atoms with E-state index in [-0.39, 0.29) is 57.1 Å². The van der Waals surface area contributed by atoms with Gasteiger partial charge in [-0.25, -0.2) is 4.98 Å². The molecule has 1 heterocycles. The van der Waals surface area contributed by atoms with E-state index < -0.39 is 120 Å². The first kappa shape index (κ1) is 78.4. The van der Waals surface area contributed by atoms with Crippen molar-refractivity contribution in [1.82, 2.24) is 57.8 Å². The molecule has 90 heavy (non-hydrogen) atoms. The van der Waals surface area contributed by atoms with Gasteiger partial charge in [0, 0.05) is 50.2 Å². The van der Waals surface area contributed by atoms with E-state index in [0.717, 1.165) is 38.5 Å². The lowest BCUT2D eigenvalue weighted by atomic mass is 9.97. The molecule has 506 valence electrons. The number of rotatable bonds is 49. The molecule has 27 nitrogen and oxygen atoms in total. The number of nitrogens with one attached hydrogen (secondary N) is 10. The lowest BCUT2D eigenvalue weighted by Gasteiger charge is -2.29. The minimum absolute atomic E-state index is 0.0134. The van der Waals surface area contributed by atoms with E-state index in [1.165, 1.54) is 77.7 Å². The van der Waals surface area contributed by atoms with Crippen molar-refractivity contribution in [2.75, 3.05) is 19.6 Å². The number of carbonyl (C=O) groups excluding carboxylic acids is 10. The number of primary amides is 1. The van der Waals surface area contributed by atoms with Crippen molar-refractivity contribution in [2.24, 2.45) is 33.8 Å². The van der Waals surface area contributed by atoms with Gasteiger partial charge in [-0.3, -0.25) is 52.9 Å².